The Hall–Kier alpha value is -4.99. The number of amides is 4. The molecule has 0 atom stereocenters. The monoisotopic (exact) mass is 529 g/mol. The minimum atomic E-state index is -0.820. The van der Waals surface area contributed by atoms with Crippen molar-refractivity contribution in [2.24, 2.45) is 0 Å². The first-order valence-corrected chi connectivity index (χ1v) is 12.3. The molecule has 0 aliphatic carbocycles. The Balaban J connectivity index is 1.36. The molecule has 0 saturated carbocycles. The standard InChI is InChI=1S/C29H27N3O7/c1-4-38-29(37)39-22-11-8-19(9-12-22)25(33)30-16-18-6-5-7-21(14-18)31-26(34)20-10-13-23-24(15-20)28(36)32(17(2)3)27(23)35/h5-15,17H,4,16H2,1-3H3,(H,30,33)(H,31,34). The van der Waals surface area contributed by atoms with Gasteiger partial charge in [0.05, 0.1) is 17.7 Å². The lowest BCUT2D eigenvalue weighted by molar-refractivity contribution is 0.0608. The number of benzene rings is 3. The van der Waals surface area contributed by atoms with Gasteiger partial charge in [-0.05, 0) is 80.9 Å². The van der Waals surface area contributed by atoms with Gasteiger partial charge in [0.2, 0.25) is 0 Å². The normalized spacial score (nSPS) is 12.3. The zero-order valence-corrected chi connectivity index (χ0v) is 21.6. The minimum absolute atomic E-state index is 0.193. The van der Waals surface area contributed by atoms with Crippen molar-refractivity contribution in [2.45, 2.75) is 33.4 Å². The van der Waals surface area contributed by atoms with Gasteiger partial charge in [-0.15, -0.1) is 0 Å². The van der Waals surface area contributed by atoms with Crippen LogP contribution in [-0.2, 0) is 11.3 Å². The van der Waals surface area contributed by atoms with Gasteiger partial charge in [-0.1, -0.05) is 12.1 Å². The SMILES string of the molecule is CCOC(=O)Oc1ccc(C(=O)NCc2cccc(NC(=O)c3ccc4c(c3)C(=O)N(C(C)C)C4=O)c2)cc1. The van der Waals surface area contributed by atoms with Gasteiger partial charge in [0.1, 0.15) is 5.75 Å². The van der Waals surface area contributed by atoms with E-state index in [0.29, 0.717) is 11.3 Å². The van der Waals surface area contributed by atoms with Crippen LogP contribution in [0.2, 0.25) is 0 Å². The van der Waals surface area contributed by atoms with Crippen molar-refractivity contribution in [3.63, 3.8) is 0 Å². The number of nitrogens with one attached hydrogen (secondary N) is 2. The molecule has 10 heteroatoms. The third kappa shape index (κ3) is 6.12. The quantitative estimate of drug-likeness (QED) is 0.251. The zero-order valence-electron chi connectivity index (χ0n) is 21.6. The van der Waals surface area contributed by atoms with Gasteiger partial charge in [0.15, 0.2) is 0 Å². The summed E-state index contributed by atoms with van der Waals surface area (Å²) in [4.78, 5) is 63.1. The van der Waals surface area contributed by atoms with Crippen LogP contribution in [0.25, 0.3) is 0 Å². The second kappa shape index (κ2) is 11.6. The molecular formula is C29H27N3O7. The number of carbonyl (C=O) groups excluding carboxylic acids is 5. The number of carbonyl (C=O) groups is 5. The van der Waals surface area contributed by atoms with Crippen LogP contribution in [0.3, 0.4) is 0 Å². The van der Waals surface area contributed by atoms with E-state index in [-0.39, 0.29) is 53.4 Å². The summed E-state index contributed by atoms with van der Waals surface area (Å²) in [6.07, 6.45) is -0.820. The van der Waals surface area contributed by atoms with Gasteiger partial charge in [0.25, 0.3) is 23.6 Å². The summed E-state index contributed by atoms with van der Waals surface area (Å²) < 4.78 is 9.69. The van der Waals surface area contributed by atoms with E-state index in [2.05, 4.69) is 10.6 Å². The molecule has 1 aliphatic rings. The lowest BCUT2D eigenvalue weighted by atomic mass is 10.1. The first-order valence-electron chi connectivity index (χ1n) is 12.3. The zero-order chi connectivity index (χ0) is 28.1. The second-order valence-corrected chi connectivity index (χ2v) is 8.98. The van der Waals surface area contributed by atoms with Gasteiger partial charge in [-0.2, -0.15) is 0 Å². The number of hydrogen-bond acceptors (Lipinski definition) is 7. The molecule has 10 nitrogen and oxygen atoms in total. The molecule has 3 aromatic carbocycles. The fourth-order valence-electron chi connectivity index (χ4n) is 4.03. The number of ether oxygens (including phenoxy) is 2. The van der Waals surface area contributed by atoms with E-state index in [0.717, 1.165) is 5.56 Å². The molecule has 1 heterocycles. The molecule has 39 heavy (non-hydrogen) atoms. The summed E-state index contributed by atoms with van der Waals surface area (Å²) in [5, 5.41) is 5.59. The molecule has 4 rings (SSSR count). The highest BCUT2D eigenvalue weighted by molar-refractivity contribution is 6.22. The molecule has 0 radical (unpaired) electrons. The van der Waals surface area contributed by atoms with Crippen LogP contribution in [0.5, 0.6) is 5.75 Å². The van der Waals surface area contributed by atoms with E-state index in [1.165, 1.54) is 47.4 Å². The van der Waals surface area contributed by atoms with Crippen LogP contribution in [0, 0.1) is 0 Å². The number of anilines is 1. The summed E-state index contributed by atoms with van der Waals surface area (Å²) in [5.41, 5.74) is 2.35. The topological polar surface area (TPSA) is 131 Å². The average molecular weight is 530 g/mol. The Labute approximate surface area is 224 Å². The van der Waals surface area contributed by atoms with Crippen molar-refractivity contribution < 1.29 is 33.4 Å². The van der Waals surface area contributed by atoms with Crippen LogP contribution in [0.15, 0.2) is 66.7 Å². The van der Waals surface area contributed by atoms with Gasteiger partial charge in [0, 0.05) is 29.4 Å². The summed E-state index contributed by atoms with van der Waals surface area (Å²) in [7, 11) is 0. The molecular weight excluding hydrogens is 502 g/mol. The molecule has 0 unspecified atom stereocenters. The Morgan fingerprint density at radius 3 is 2.23 bits per heavy atom. The van der Waals surface area contributed by atoms with Crippen molar-refractivity contribution in [1.82, 2.24) is 10.2 Å². The molecule has 3 aromatic rings. The highest BCUT2D eigenvalue weighted by Gasteiger charge is 2.37. The largest absolute Gasteiger partial charge is 0.513 e. The molecule has 200 valence electrons. The first kappa shape index (κ1) is 27.1. The molecule has 2 N–H and O–H groups in total. The van der Waals surface area contributed by atoms with E-state index >= 15 is 0 Å². The molecule has 0 bridgehead atoms. The molecule has 0 saturated heterocycles. The Kier molecular flexibility index (Phi) is 8.04. The number of nitrogens with zero attached hydrogens (tertiary/aromatic N) is 1. The molecule has 4 amide bonds. The summed E-state index contributed by atoms with van der Waals surface area (Å²) in [5.74, 6) is -1.30. The summed E-state index contributed by atoms with van der Waals surface area (Å²) >= 11 is 0. The smallest absolute Gasteiger partial charge is 0.434 e. The van der Waals surface area contributed by atoms with Crippen LogP contribution in [-0.4, -0.2) is 47.3 Å². The fraction of sp³-hybridized carbons (Fsp3) is 0.207. The number of rotatable bonds is 8. The maximum absolute atomic E-state index is 12.9. The third-order valence-corrected chi connectivity index (χ3v) is 5.91. The summed E-state index contributed by atoms with van der Waals surface area (Å²) in [6, 6.07) is 17.1. The predicted octanol–water partition coefficient (Wildman–Crippen LogP) is 4.41. The van der Waals surface area contributed by atoms with E-state index < -0.39 is 18.0 Å². The predicted molar refractivity (Wildman–Crippen MR) is 142 cm³/mol. The van der Waals surface area contributed by atoms with Crippen LogP contribution in [0.4, 0.5) is 10.5 Å². The van der Waals surface area contributed by atoms with Crippen LogP contribution < -0.4 is 15.4 Å². The maximum atomic E-state index is 12.9. The molecule has 0 fully saturated rings. The minimum Gasteiger partial charge on any atom is -0.434 e. The second-order valence-electron chi connectivity index (χ2n) is 8.98. The summed E-state index contributed by atoms with van der Waals surface area (Å²) in [6.45, 7) is 5.57. The van der Waals surface area contributed by atoms with Crippen molar-refractivity contribution in [2.75, 3.05) is 11.9 Å². The molecule has 1 aliphatic heterocycles. The third-order valence-electron chi connectivity index (χ3n) is 5.91. The highest BCUT2D eigenvalue weighted by atomic mass is 16.7. The van der Waals surface area contributed by atoms with E-state index in [4.69, 9.17) is 9.47 Å². The molecule has 0 aromatic heterocycles. The molecule has 0 spiro atoms. The number of imide groups is 1. The highest BCUT2D eigenvalue weighted by Crippen LogP contribution is 2.26. The Bertz CT molecular complexity index is 1450. The van der Waals surface area contributed by atoms with Crippen LogP contribution in [0.1, 0.15) is 67.8 Å². The van der Waals surface area contributed by atoms with Gasteiger partial charge < -0.3 is 20.1 Å². The Morgan fingerprint density at radius 2 is 1.54 bits per heavy atom. The first-order chi connectivity index (χ1) is 18.7. The van der Waals surface area contributed by atoms with Gasteiger partial charge >= 0.3 is 6.16 Å². The lowest BCUT2D eigenvalue weighted by Crippen LogP contribution is -2.35. The number of fused-ring (bicyclic) bond motifs is 1. The van der Waals surface area contributed by atoms with Crippen molar-refractivity contribution in [1.29, 1.82) is 0 Å². The fourth-order valence-corrected chi connectivity index (χ4v) is 4.03. The lowest BCUT2D eigenvalue weighted by Gasteiger charge is -2.17. The van der Waals surface area contributed by atoms with Crippen LogP contribution >= 0.6 is 0 Å². The van der Waals surface area contributed by atoms with Crippen molar-refractivity contribution >= 4 is 35.5 Å². The van der Waals surface area contributed by atoms with E-state index in [9.17, 15) is 24.0 Å². The van der Waals surface area contributed by atoms with Crippen molar-refractivity contribution in [3.05, 3.63) is 94.5 Å². The maximum Gasteiger partial charge on any atom is 0.513 e. The van der Waals surface area contributed by atoms with Gasteiger partial charge in [-0.25, -0.2) is 4.79 Å². The average Bonchev–Trinajstić information content (AvgIpc) is 3.17. The van der Waals surface area contributed by atoms with E-state index in [1.54, 1.807) is 45.0 Å². The van der Waals surface area contributed by atoms with Gasteiger partial charge in [-0.3, -0.25) is 24.1 Å². The van der Waals surface area contributed by atoms with Crippen molar-refractivity contribution in [3.8, 4) is 5.75 Å². The Morgan fingerprint density at radius 1 is 0.846 bits per heavy atom. The number of hydrogen-bond donors (Lipinski definition) is 2. The van der Waals surface area contributed by atoms with E-state index in [1.807, 2.05) is 0 Å².